The molecule has 4 aromatic rings. The number of aromatic hydroxyl groups is 1. The highest BCUT2D eigenvalue weighted by Gasteiger charge is 2.21. The summed E-state index contributed by atoms with van der Waals surface area (Å²) >= 11 is 0. The molecule has 0 aliphatic rings. The molecule has 7 nitrogen and oxygen atoms in total. The van der Waals surface area contributed by atoms with E-state index in [1.54, 1.807) is 0 Å². The fourth-order valence-electron chi connectivity index (χ4n) is 3.12. The highest BCUT2D eigenvalue weighted by molar-refractivity contribution is 6.01. The Morgan fingerprint density at radius 1 is 1.17 bits per heavy atom. The number of carbonyl (C=O) groups excluding carboxylic acids is 1. The molecule has 1 amide bonds. The second-order valence-electron chi connectivity index (χ2n) is 6.65. The minimum Gasteiger partial charge on any atom is -0.506 e. The predicted molar refractivity (Wildman–Crippen MR) is 105 cm³/mol. The topological polar surface area (TPSA) is 100 Å². The summed E-state index contributed by atoms with van der Waals surface area (Å²) in [5, 5.41) is 17.2. The molecule has 0 aliphatic carbocycles. The maximum atomic E-state index is 13.7. The van der Waals surface area contributed by atoms with Gasteiger partial charge in [0.15, 0.2) is 0 Å². The zero-order valence-corrected chi connectivity index (χ0v) is 15.5. The van der Waals surface area contributed by atoms with Gasteiger partial charge in [0.1, 0.15) is 28.6 Å². The largest absolute Gasteiger partial charge is 0.506 e. The Morgan fingerprint density at radius 2 is 1.93 bits per heavy atom. The molecular weight excluding hydrogens is 394 g/mol. The number of carbonyl (C=O) groups is 1. The van der Waals surface area contributed by atoms with Crippen LogP contribution in [0.25, 0.3) is 11.0 Å². The van der Waals surface area contributed by atoms with Crippen LogP contribution in [0.2, 0.25) is 0 Å². The first-order chi connectivity index (χ1) is 14.4. The predicted octanol–water partition coefficient (Wildman–Crippen LogP) is 2.69. The van der Waals surface area contributed by atoms with Crippen LogP contribution in [-0.4, -0.2) is 25.8 Å². The number of H-pyrrole nitrogens is 1. The average Bonchev–Trinajstić information content (AvgIpc) is 3.11. The lowest BCUT2D eigenvalue weighted by molar-refractivity contribution is 0.0946. The first-order valence-electron chi connectivity index (χ1n) is 9.01. The number of nitrogens with zero attached hydrogens (tertiary/aromatic N) is 2. The number of amides is 1. The van der Waals surface area contributed by atoms with Crippen molar-refractivity contribution in [2.45, 2.75) is 13.1 Å². The van der Waals surface area contributed by atoms with Crippen LogP contribution in [0, 0.1) is 11.6 Å². The van der Waals surface area contributed by atoms with E-state index in [2.05, 4.69) is 15.4 Å². The van der Waals surface area contributed by atoms with Gasteiger partial charge in [-0.3, -0.25) is 9.59 Å². The molecule has 0 saturated carbocycles. The van der Waals surface area contributed by atoms with Crippen LogP contribution in [0.3, 0.4) is 0 Å². The molecule has 152 valence electrons. The summed E-state index contributed by atoms with van der Waals surface area (Å²) in [6.07, 6.45) is 1.35. The fraction of sp³-hybridized carbons (Fsp3) is 0.0952. The Hall–Kier alpha value is -4.01. The van der Waals surface area contributed by atoms with E-state index in [1.807, 2.05) is 30.3 Å². The van der Waals surface area contributed by atoms with E-state index < -0.39 is 34.4 Å². The van der Waals surface area contributed by atoms with Crippen LogP contribution in [0.5, 0.6) is 5.75 Å². The summed E-state index contributed by atoms with van der Waals surface area (Å²) in [5.74, 6) is -2.99. The quantitative estimate of drug-likeness (QED) is 0.471. The second-order valence-corrected chi connectivity index (χ2v) is 6.65. The first-order valence-corrected chi connectivity index (χ1v) is 9.01. The SMILES string of the molecule is O=C(NCc1ccc(F)cc1F)c1c(O)c2cnn(Cc3ccccc3)c2[nH]c1=O. The van der Waals surface area contributed by atoms with Crippen molar-refractivity contribution in [3.05, 3.63) is 93.4 Å². The van der Waals surface area contributed by atoms with Crippen LogP contribution in [0.15, 0.2) is 59.5 Å². The number of nitrogens with one attached hydrogen (secondary N) is 2. The van der Waals surface area contributed by atoms with Crippen LogP contribution in [0.4, 0.5) is 8.78 Å². The lowest BCUT2D eigenvalue weighted by Gasteiger charge is -2.09. The molecule has 2 aromatic heterocycles. The monoisotopic (exact) mass is 410 g/mol. The van der Waals surface area contributed by atoms with E-state index in [9.17, 15) is 23.5 Å². The molecule has 0 aliphatic heterocycles. The van der Waals surface area contributed by atoms with Crippen molar-refractivity contribution in [2.75, 3.05) is 0 Å². The second kappa shape index (κ2) is 7.78. The number of pyridine rings is 1. The number of fused-ring (bicyclic) bond motifs is 1. The Morgan fingerprint density at radius 3 is 2.67 bits per heavy atom. The van der Waals surface area contributed by atoms with Gasteiger partial charge in [0.25, 0.3) is 11.5 Å². The van der Waals surface area contributed by atoms with Gasteiger partial charge in [0.05, 0.1) is 18.1 Å². The Balaban J connectivity index is 1.61. The first kappa shape index (κ1) is 19.3. The van der Waals surface area contributed by atoms with Crippen molar-refractivity contribution in [3.8, 4) is 5.75 Å². The molecular formula is C21H16F2N4O3. The molecule has 9 heteroatoms. The molecule has 2 heterocycles. The third kappa shape index (κ3) is 3.64. The third-order valence-corrected chi connectivity index (χ3v) is 4.65. The summed E-state index contributed by atoms with van der Waals surface area (Å²) in [7, 11) is 0. The van der Waals surface area contributed by atoms with E-state index in [0.717, 1.165) is 11.6 Å². The Labute approximate surface area is 168 Å². The smallest absolute Gasteiger partial charge is 0.266 e. The Bertz CT molecular complexity index is 1300. The number of hydrogen-bond donors (Lipinski definition) is 3. The highest BCUT2D eigenvalue weighted by Crippen LogP contribution is 2.25. The van der Waals surface area contributed by atoms with Gasteiger partial charge >= 0.3 is 0 Å². The molecule has 30 heavy (non-hydrogen) atoms. The van der Waals surface area contributed by atoms with E-state index in [4.69, 9.17) is 0 Å². The van der Waals surface area contributed by atoms with E-state index in [0.29, 0.717) is 12.6 Å². The van der Waals surface area contributed by atoms with Gasteiger partial charge in [0.2, 0.25) is 0 Å². The van der Waals surface area contributed by atoms with Crippen molar-refractivity contribution >= 4 is 16.9 Å². The number of halogens is 2. The molecule has 2 aromatic carbocycles. The third-order valence-electron chi connectivity index (χ3n) is 4.65. The van der Waals surface area contributed by atoms with Crippen LogP contribution < -0.4 is 10.9 Å². The molecule has 0 unspecified atom stereocenters. The van der Waals surface area contributed by atoms with E-state index in [-0.39, 0.29) is 23.1 Å². The number of aromatic amines is 1. The number of benzene rings is 2. The number of rotatable bonds is 5. The molecule has 3 N–H and O–H groups in total. The summed E-state index contributed by atoms with van der Waals surface area (Å²) in [6, 6.07) is 12.3. The van der Waals surface area contributed by atoms with Gasteiger partial charge in [-0.05, 0) is 11.6 Å². The zero-order chi connectivity index (χ0) is 21.3. The number of hydrogen-bond acceptors (Lipinski definition) is 4. The highest BCUT2D eigenvalue weighted by atomic mass is 19.1. The maximum absolute atomic E-state index is 13.7. The summed E-state index contributed by atoms with van der Waals surface area (Å²) in [4.78, 5) is 27.5. The maximum Gasteiger partial charge on any atom is 0.266 e. The fourth-order valence-corrected chi connectivity index (χ4v) is 3.12. The van der Waals surface area contributed by atoms with Crippen molar-refractivity contribution < 1.29 is 18.7 Å². The molecule has 0 bridgehead atoms. The summed E-state index contributed by atoms with van der Waals surface area (Å²) in [5.41, 5.74) is -0.0814. The van der Waals surface area contributed by atoms with Crippen molar-refractivity contribution in [1.29, 1.82) is 0 Å². The summed E-state index contributed by atoms with van der Waals surface area (Å²) in [6.45, 7) is 0.0737. The minimum atomic E-state index is -0.893. The molecule has 0 radical (unpaired) electrons. The average molecular weight is 410 g/mol. The standard InChI is InChI=1S/C21H16F2N4O3/c22-14-7-6-13(16(23)8-14)9-24-20(29)17-18(28)15-10-25-27(19(15)26-21(17)30)11-12-4-2-1-3-5-12/h1-8,10H,9,11H2,(H,24,29)(H2,26,28,30). The van der Waals surface area contributed by atoms with Gasteiger partial charge in [0, 0.05) is 18.2 Å². The van der Waals surface area contributed by atoms with Gasteiger partial charge in [-0.15, -0.1) is 0 Å². The van der Waals surface area contributed by atoms with Crippen LogP contribution in [0.1, 0.15) is 21.5 Å². The molecule has 4 rings (SSSR count). The van der Waals surface area contributed by atoms with E-state index in [1.165, 1.54) is 16.9 Å². The lowest BCUT2D eigenvalue weighted by Crippen LogP contribution is -2.30. The van der Waals surface area contributed by atoms with Gasteiger partial charge < -0.3 is 15.4 Å². The molecule has 0 spiro atoms. The summed E-state index contributed by atoms with van der Waals surface area (Å²) < 4.78 is 28.2. The molecule has 0 saturated heterocycles. The van der Waals surface area contributed by atoms with Gasteiger partial charge in [-0.2, -0.15) is 5.10 Å². The zero-order valence-electron chi connectivity index (χ0n) is 15.5. The minimum absolute atomic E-state index is 0.0393. The Kier molecular flexibility index (Phi) is 5.01. The van der Waals surface area contributed by atoms with Crippen LogP contribution >= 0.6 is 0 Å². The van der Waals surface area contributed by atoms with Crippen molar-refractivity contribution in [3.63, 3.8) is 0 Å². The lowest BCUT2D eigenvalue weighted by atomic mass is 10.1. The van der Waals surface area contributed by atoms with Gasteiger partial charge in [-0.25, -0.2) is 13.5 Å². The number of aromatic nitrogens is 3. The van der Waals surface area contributed by atoms with Crippen molar-refractivity contribution in [1.82, 2.24) is 20.1 Å². The molecule has 0 fully saturated rings. The van der Waals surface area contributed by atoms with Crippen LogP contribution in [-0.2, 0) is 13.1 Å². The van der Waals surface area contributed by atoms with Gasteiger partial charge in [-0.1, -0.05) is 36.4 Å². The van der Waals surface area contributed by atoms with Crippen molar-refractivity contribution in [2.24, 2.45) is 0 Å². The molecule has 0 atom stereocenters. The van der Waals surface area contributed by atoms with E-state index >= 15 is 0 Å². The normalized spacial score (nSPS) is 11.0.